The van der Waals surface area contributed by atoms with Gasteiger partial charge in [0.25, 0.3) is 0 Å². The van der Waals surface area contributed by atoms with Gasteiger partial charge < -0.3 is 5.32 Å². The van der Waals surface area contributed by atoms with Crippen LogP contribution >= 0.6 is 0 Å². The number of nitrogens with one attached hydrogen (secondary N) is 1. The van der Waals surface area contributed by atoms with Crippen LogP contribution in [0.5, 0.6) is 0 Å². The molecule has 2 heterocycles. The summed E-state index contributed by atoms with van der Waals surface area (Å²) in [7, 11) is 1.99. The van der Waals surface area contributed by atoms with Gasteiger partial charge in [0.15, 0.2) is 0 Å². The predicted molar refractivity (Wildman–Crippen MR) is 83.8 cm³/mol. The Hall–Kier alpha value is -0.870. The molecule has 2 unspecified atom stereocenters. The Bertz CT molecular complexity index is 426. The summed E-state index contributed by atoms with van der Waals surface area (Å²) in [5.41, 5.74) is 1.60. The molecule has 0 radical (unpaired) electrons. The summed E-state index contributed by atoms with van der Waals surface area (Å²) >= 11 is 0. The molecule has 1 aliphatic rings. The summed E-state index contributed by atoms with van der Waals surface area (Å²) in [5.74, 6) is 0.692. The van der Waals surface area contributed by atoms with E-state index in [1.165, 1.54) is 12.0 Å². The lowest BCUT2D eigenvalue weighted by Gasteiger charge is -2.47. The highest BCUT2D eigenvalue weighted by atomic mass is 15.3. The molecule has 0 amide bonds. The van der Waals surface area contributed by atoms with Crippen molar-refractivity contribution >= 4 is 0 Å². The average molecular weight is 278 g/mol. The van der Waals surface area contributed by atoms with Gasteiger partial charge in [-0.15, -0.1) is 0 Å². The van der Waals surface area contributed by atoms with Gasteiger partial charge in [-0.05, 0) is 31.2 Å². The second kappa shape index (κ2) is 6.27. The molecule has 20 heavy (non-hydrogen) atoms. The minimum absolute atomic E-state index is 0.264. The van der Waals surface area contributed by atoms with Gasteiger partial charge in [0.05, 0.1) is 6.20 Å². The molecule has 0 spiro atoms. The van der Waals surface area contributed by atoms with Gasteiger partial charge in [0.1, 0.15) is 0 Å². The summed E-state index contributed by atoms with van der Waals surface area (Å²) in [6, 6.07) is 0.645. The number of hydrogen-bond acceptors (Lipinski definition) is 3. The lowest BCUT2D eigenvalue weighted by Crippen LogP contribution is -2.64. The molecule has 114 valence electrons. The molecular weight excluding hydrogens is 248 g/mol. The fourth-order valence-electron chi connectivity index (χ4n) is 3.11. The molecule has 0 bridgehead atoms. The van der Waals surface area contributed by atoms with Crippen LogP contribution in [0.3, 0.4) is 0 Å². The Morgan fingerprint density at radius 3 is 2.80 bits per heavy atom. The third-order valence-electron chi connectivity index (χ3n) is 4.75. The Kier molecular flexibility index (Phi) is 4.86. The maximum absolute atomic E-state index is 4.27. The summed E-state index contributed by atoms with van der Waals surface area (Å²) in [5, 5.41) is 8.02. The summed E-state index contributed by atoms with van der Waals surface area (Å²) in [4.78, 5) is 2.68. The van der Waals surface area contributed by atoms with E-state index < -0.39 is 0 Å². The molecule has 1 fully saturated rings. The fraction of sp³-hybridized carbons (Fsp3) is 0.812. The van der Waals surface area contributed by atoms with Crippen LogP contribution in [0.25, 0.3) is 0 Å². The zero-order valence-corrected chi connectivity index (χ0v) is 13.7. The Morgan fingerprint density at radius 2 is 2.25 bits per heavy atom. The highest BCUT2D eigenvalue weighted by Crippen LogP contribution is 2.23. The molecular formula is C16H30N4. The van der Waals surface area contributed by atoms with Crippen molar-refractivity contribution in [2.24, 2.45) is 13.0 Å². The van der Waals surface area contributed by atoms with E-state index in [0.717, 1.165) is 26.1 Å². The number of aromatic nitrogens is 2. The third-order valence-corrected chi connectivity index (χ3v) is 4.75. The fourth-order valence-corrected chi connectivity index (χ4v) is 3.11. The standard InChI is InChI=1S/C16H30N4/c1-6-16(4)12-20(15(10-17-16)13(2)3)8-7-14-9-18-19(5)11-14/h9,11,13,15,17H,6-8,10,12H2,1-5H3. The van der Waals surface area contributed by atoms with Gasteiger partial charge in [-0.25, -0.2) is 0 Å². The monoisotopic (exact) mass is 278 g/mol. The molecule has 4 heteroatoms. The van der Waals surface area contributed by atoms with Crippen molar-refractivity contribution in [1.82, 2.24) is 20.0 Å². The maximum Gasteiger partial charge on any atom is 0.0522 e. The molecule has 1 aromatic rings. The van der Waals surface area contributed by atoms with Crippen molar-refractivity contribution in [2.75, 3.05) is 19.6 Å². The third kappa shape index (κ3) is 3.61. The van der Waals surface area contributed by atoms with Crippen LogP contribution in [0.2, 0.25) is 0 Å². The van der Waals surface area contributed by atoms with E-state index >= 15 is 0 Å². The first kappa shape index (κ1) is 15.5. The van der Waals surface area contributed by atoms with Crippen LogP contribution < -0.4 is 5.32 Å². The highest BCUT2D eigenvalue weighted by molar-refractivity contribution is 5.05. The molecule has 4 nitrogen and oxygen atoms in total. The first-order valence-corrected chi connectivity index (χ1v) is 7.90. The SMILES string of the molecule is CCC1(C)CN(CCc2cnn(C)c2)C(C(C)C)CN1. The predicted octanol–water partition coefficient (Wildman–Crippen LogP) is 2.06. The van der Waals surface area contributed by atoms with Crippen molar-refractivity contribution in [3.8, 4) is 0 Å². The molecule has 0 aromatic carbocycles. The van der Waals surface area contributed by atoms with E-state index in [9.17, 15) is 0 Å². The molecule has 1 aromatic heterocycles. The number of aryl methyl sites for hydroxylation is 1. The molecule has 1 aliphatic heterocycles. The van der Waals surface area contributed by atoms with Crippen molar-refractivity contribution in [1.29, 1.82) is 0 Å². The molecule has 0 saturated carbocycles. The van der Waals surface area contributed by atoms with Gasteiger partial charge >= 0.3 is 0 Å². The average Bonchev–Trinajstić information content (AvgIpc) is 2.82. The van der Waals surface area contributed by atoms with Crippen LogP contribution in [0.1, 0.15) is 39.7 Å². The second-order valence-electron chi connectivity index (χ2n) is 6.85. The van der Waals surface area contributed by atoms with Crippen LogP contribution in [-0.2, 0) is 13.5 Å². The van der Waals surface area contributed by atoms with Crippen LogP contribution in [0.4, 0.5) is 0 Å². The largest absolute Gasteiger partial charge is 0.309 e. The van der Waals surface area contributed by atoms with Crippen molar-refractivity contribution in [2.45, 2.75) is 52.1 Å². The van der Waals surface area contributed by atoms with E-state index in [-0.39, 0.29) is 5.54 Å². The molecule has 2 rings (SSSR count). The van der Waals surface area contributed by atoms with E-state index in [1.807, 2.05) is 17.9 Å². The topological polar surface area (TPSA) is 33.1 Å². The van der Waals surface area contributed by atoms with Gasteiger partial charge in [-0.2, -0.15) is 5.10 Å². The number of hydrogen-bond donors (Lipinski definition) is 1. The normalized spacial score (nSPS) is 28.2. The Balaban J connectivity index is 2.00. The second-order valence-corrected chi connectivity index (χ2v) is 6.85. The van der Waals surface area contributed by atoms with Gasteiger partial charge in [-0.1, -0.05) is 20.8 Å². The number of piperazine rings is 1. The van der Waals surface area contributed by atoms with Crippen molar-refractivity contribution in [3.63, 3.8) is 0 Å². The maximum atomic E-state index is 4.27. The van der Waals surface area contributed by atoms with Gasteiger partial charge in [0, 0.05) is 44.5 Å². The lowest BCUT2D eigenvalue weighted by molar-refractivity contribution is 0.0613. The number of rotatable bonds is 5. The van der Waals surface area contributed by atoms with Gasteiger partial charge in [-0.3, -0.25) is 9.58 Å². The van der Waals surface area contributed by atoms with E-state index in [0.29, 0.717) is 12.0 Å². The smallest absolute Gasteiger partial charge is 0.0522 e. The van der Waals surface area contributed by atoms with Crippen LogP contribution in [0, 0.1) is 5.92 Å². The molecule has 2 atom stereocenters. The van der Waals surface area contributed by atoms with E-state index in [1.54, 1.807) is 0 Å². The first-order chi connectivity index (χ1) is 9.43. The van der Waals surface area contributed by atoms with E-state index in [4.69, 9.17) is 0 Å². The Labute approximate surface area is 123 Å². The van der Waals surface area contributed by atoms with Crippen molar-refractivity contribution in [3.05, 3.63) is 18.0 Å². The zero-order valence-electron chi connectivity index (χ0n) is 13.7. The highest BCUT2D eigenvalue weighted by Gasteiger charge is 2.35. The quantitative estimate of drug-likeness (QED) is 0.895. The minimum Gasteiger partial charge on any atom is -0.309 e. The Morgan fingerprint density at radius 1 is 1.50 bits per heavy atom. The van der Waals surface area contributed by atoms with Crippen molar-refractivity contribution < 1.29 is 0 Å². The van der Waals surface area contributed by atoms with E-state index in [2.05, 4.69) is 49.2 Å². The van der Waals surface area contributed by atoms with Crippen LogP contribution in [-0.4, -0.2) is 45.9 Å². The first-order valence-electron chi connectivity index (χ1n) is 7.90. The lowest BCUT2D eigenvalue weighted by atomic mass is 9.89. The van der Waals surface area contributed by atoms with Crippen LogP contribution in [0.15, 0.2) is 12.4 Å². The molecule has 1 N–H and O–H groups in total. The summed E-state index contributed by atoms with van der Waals surface area (Å²) < 4.78 is 1.89. The minimum atomic E-state index is 0.264. The molecule has 1 saturated heterocycles. The summed E-state index contributed by atoms with van der Waals surface area (Å²) in [6.45, 7) is 12.7. The van der Waals surface area contributed by atoms with Gasteiger partial charge in [0.2, 0.25) is 0 Å². The summed E-state index contributed by atoms with van der Waals surface area (Å²) in [6.07, 6.45) is 6.40. The molecule has 0 aliphatic carbocycles. The number of nitrogens with zero attached hydrogens (tertiary/aromatic N) is 3. The zero-order chi connectivity index (χ0) is 14.8.